The third-order valence-corrected chi connectivity index (χ3v) is 2.23. The molecule has 0 aromatic rings. The zero-order valence-corrected chi connectivity index (χ0v) is 4.61. The molecule has 1 fully saturated rings. The highest BCUT2D eigenvalue weighted by Gasteiger charge is 2.16. The van der Waals surface area contributed by atoms with E-state index in [4.69, 9.17) is 0 Å². The van der Waals surface area contributed by atoms with Crippen LogP contribution in [0.15, 0.2) is 0 Å². The van der Waals surface area contributed by atoms with E-state index in [0.29, 0.717) is 6.54 Å². The molecule has 0 spiro atoms. The number of nitrogens with zero attached hydrogens (tertiary/aromatic N) is 1. The van der Waals surface area contributed by atoms with Gasteiger partial charge in [0, 0.05) is 6.54 Å². The summed E-state index contributed by atoms with van der Waals surface area (Å²) in [6.45, 7) is 0.502. The van der Waals surface area contributed by atoms with Gasteiger partial charge >= 0.3 is 0 Å². The van der Waals surface area contributed by atoms with E-state index >= 15 is 0 Å². The van der Waals surface area contributed by atoms with Gasteiger partial charge in [-0.25, -0.2) is 13.7 Å². The lowest BCUT2D eigenvalue weighted by Crippen LogP contribution is -2.01. The molecule has 41 valence electrons. The van der Waals surface area contributed by atoms with Crippen molar-refractivity contribution in [3.8, 4) is 0 Å². The normalized spacial score (nSPS) is 28.0. The first-order valence-electron chi connectivity index (χ1n) is 2.04. The van der Waals surface area contributed by atoms with Gasteiger partial charge in [0.15, 0.2) is 9.84 Å². The minimum absolute atomic E-state index is 0.0486. The SMILES string of the molecule is O=S1(=O)CC[N]C1. The molecule has 0 bridgehead atoms. The Morgan fingerprint density at radius 1 is 1.43 bits per heavy atom. The van der Waals surface area contributed by atoms with Gasteiger partial charge in [-0.3, -0.25) is 0 Å². The molecule has 0 atom stereocenters. The van der Waals surface area contributed by atoms with Crippen LogP contribution in [0.2, 0.25) is 0 Å². The second-order valence-electron chi connectivity index (χ2n) is 1.52. The predicted octanol–water partition coefficient (Wildman–Crippen LogP) is -1.02. The summed E-state index contributed by atoms with van der Waals surface area (Å²) in [5.41, 5.74) is 0. The van der Waals surface area contributed by atoms with Crippen LogP contribution in [0.3, 0.4) is 0 Å². The molecule has 1 heterocycles. The average Bonchev–Trinajstić information content (AvgIpc) is 1.84. The van der Waals surface area contributed by atoms with Crippen LogP contribution in [0.4, 0.5) is 0 Å². The lowest BCUT2D eigenvalue weighted by molar-refractivity contribution is 0.601. The molecule has 1 saturated heterocycles. The molecule has 1 radical (unpaired) electrons. The van der Waals surface area contributed by atoms with Crippen molar-refractivity contribution in [2.75, 3.05) is 18.2 Å². The number of hydrogen-bond acceptors (Lipinski definition) is 2. The highest BCUT2D eigenvalue weighted by Crippen LogP contribution is 1.93. The summed E-state index contributed by atoms with van der Waals surface area (Å²) >= 11 is 0. The first-order chi connectivity index (χ1) is 3.21. The molecule has 1 aliphatic rings. The number of rotatable bonds is 0. The molecule has 0 amide bonds. The fourth-order valence-electron chi connectivity index (χ4n) is 0.472. The maximum atomic E-state index is 10.3. The standard InChI is InChI=1S/C3H6NO2S/c5-7(6)2-1-4-3-7/h1-3H2. The Morgan fingerprint density at radius 3 is 2.29 bits per heavy atom. The second-order valence-corrected chi connectivity index (χ2v) is 3.68. The van der Waals surface area contributed by atoms with E-state index in [2.05, 4.69) is 5.32 Å². The van der Waals surface area contributed by atoms with Gasteiger partial charge in [-0.15, -0.1) is 0 Å². The quantitative estimate of drug-likeness (QED) is 0.410. The molecule has 0 aliphatic carbocycles. The summed E-state index contributed by atoms with van der Waals surface area (Å²) in [6.07, 6.45) is 0. The largest absolute Gasteiger partial charge is 0.227 e. The monoisotopic (exact) mass is 120 g/mol. The molecular formula is C3H6NO2S. The van der Waals surface area contributed by atoms with E-state index in [-0.39, 0.29) is 11.6 Å². The van der Waals surface area contributed by atoms with Crippen molar-refractivity contribution in [1.82, 2.24) is 5.32 Å². The average molecular weight is 120 g/mol. The Kier molecular flexibility index (Phi) is 1.05. The van der Waals surface area contributed by atoms with Crippen LogP contribution in [0, 0.1) is 0 Å². The van der Waals surface area contributed by atoms with Crippen LogP contribution in [-0.2, 0) is 9.84 Å². The summed E-state index contributed by atoms with van der Waals surface area (Å²) in [4.78, 5) is 0. The summed E-state index contributed by atoms with van der Waals surface area (Å²) in [5, 5.41) is 3.65. The minimum Gasteiger partial charge on any atom is -0.227 e. The van der Waals surface area contributed by atoms with E-state index in [9.17, 15) is 8.42 Å². The van der Waals surface area contributed by atoms with E-state index in [1.54, 1.807) is 0 Å². The number of hydrogen-bond donors (Lipinski definition) is 0. The molecule has 4 heteroatoms. The molecule has 0 aromatic heterocycles. The zero-order chi connectivity index (χ0) is 5.33. The van der Waals surface area contributed by atoms with E-state index in [1.807, 2.05) is 0 Å². The Hall–Kier alpha value is -0.0900. The highest BCUT2D eigenvalue weighted by molar-refractivity contribution is 7.91. The van der Waals surface area contributed by atoms with E-state index in [0.717, 1.165) is 0 Å². The van der Waals surface area contributed by atoms with Gasteiger partial charge in [0.25, 0.3) is 0 Å². The van der Waals surface area contributed by atoms with Crippen molar-refractivity contribution in [2.45, 2.75) is 0 Å². The summed E-state index contributed by atoms with van der Waals surface area (Å²) in [6, 6.07) is 0. The van der Waals surface area contributed by atoms with Crippen LogP contribution < -0.4 is 5.32 Å². The van der Waals surface area contributed by atoms with Crippen molar-refractivity contribution in [3.63, 3.8) is 0 Å². The summed E-state index contributed by atoms with van der Waals surface area (Å²) in [7, 11) is -2.71. The van der Waals surface area contributed by atoms with Crippen molar-refractivity contribution in [2.24, 2.45) is 0 Å². The van der Waals surface area contributed by atoms with Gasteiger partial charge in [-0.2, -0.15) is 0 Å². The molecule has 0 N–H and O–H groups in total. The lowest BCUT2D eigenvalue weighted by Gasteiger charge is -1.80. The maximum absolute atomic E-state index is 10.3. The molecule has 7 heavy (non-hydrogen) atoms. The fraction of sp³-hybridized carbons (Fsp3) is 1.00. The van der Waals surface area contributed by atoms with Crippen LogP contribution in [-0.4, -0.2) is 26.6 Å². The van der Waals surface area contributed by atoms with Crippen molar-refractivity contribution < 1.29 is 8.42 Å². The Morgan fingerprint density at radius 2 is 2.14 bits per heavy atom. The van der Waals surface area contributed by atoms with E-state index in [1.165, 1.54) is 0 Å². The third-order valence-electron chi connectivity index (χ3n) is 0.848. The number of sulfone groups is 1. The molecule has 1 aliphatic heterocycles. The summed E-state index contributed by atoms with van der Waals surface area (Å²) < 4.78 is 20.7. The van der Waals surface area contributed by atoms with Crippen molar-refractivity contribution in [1.29, 1.82) is 0 Å². The van der Waals surface area contributed by atoms with Crippen LogP contribution in [0.1, 0.15) is 0 Å². The van der Waals surface area contributed by atoms with Crippen LogP contribution >= 0.6 is 0 Å². The summed E-state index contributed by atoms with van der Waals surface area (Å²) in [5.74, 6) is 0.306. The Bertz CT molecular complexity index is 136. The Balaban J connectivity index is 2.76. The van der Waals surface area contributed by atoms with Gasteiger partial charge in [0.2, 0.25) is 0 Å². The molecular weight excluding hydrogens is 114 g/mol. The molecule has 0 aromatic carbocycles. The van der Waals surface area contributed by atoms with Crippen molar-refractivity contribution >= 4 is 9.84 Å². The van der Waals surface area contributed by atoms with Crippen LogP contribution in [0.5, 0.6) is 0 Å². The Labute approximate surface area is 42.6 Å². The minimum atomic E-state index is -2.71. The molecule has 3 nitrogen and oxygen atoms in total. The van der Waals surface area contributed by atoms with Crippen LogP contribution in [0.25, 0.3) is 0 Å². The molecule has 0 unspecified atom stereocenters. The predicted molar refractivity (Wildman–Crippen MR) is 25.7 cm³/mol. The highest BCUT2D eigenvalue weighted by atomic mass is 32.2. The van der Waals surface area contributed by atoms with E-state index < -0.39 is 9.84 Å². The maximum Gasteiger partial charge on any atom is 0.166 e. The van der Waals surface area contributed by atoms with Crippen molar-refractivity contribution in [3.05, 3.63) is 0 Å². The van der Waals surface area contributed by atoms with Gasteiger partial charge in [-0.05, 0) is 0 Å². The fourth-order valence-corrected chi connectivity index (χ4v) is 1.42. The topological polar surface area (TPSA) is 48.2 Å². The lowest BCUT2D eigenvalue weighted by atomic mass is 10.8. The molecule has 1 rings (SSSR count). The molecule has 0 saturated carbocycles. The van der Waals surface area contributed by atoms with Gasteiger partial charge < -0.3 is 0 Å². The second kappa shape index (κ2) is 1.45. The zero-order valence-electron chi connectivity index (χ0n) is 3.79. The first-order valence-corrected chi connectivity index (χ1v) is 3.86. The first kappa shape index (κ1) is 5.05. The van der Waals surface area contributed by atoms with Gasteiger partial charge in [0.05, 0.1) is 5.75 Å². The van der Waals surface area contributed by atoms with Gasteiger partial charge in [-0.1, -0.05) is 0 Å². The third kappa shape index (κ3) is 1.14. The smallest absolute Gasteiger partial charge is 0.166 e. The van der Waals surface area contributed by atoms with Gasteiger partial charge in [0.1, 0.15) is 5.88 Å².